The van der Waals surface area contributed by atoms with Gasteiger partial charge in [0.25, 0.3) is 0 Å². The Kier molecular flexibility index (Phi) is 3.50. The lowest BCUT2D eigenvalue weighted by Gasteiger charge is -2.09. The van der Waals surface area contributed by atoms with Gasteiger partial charge in [-0.05, 0) is 30.9 Å². The van der Waals surface area contributed by atoms with E-state index in [2.05, 4.69) is 12.1 Å². The Balaban J connectivity index is 2.58. The molecule has 18 heavy (non-hydrogen) atoms. The summed E-state index contributed by atoms with van der Waals surface area (Å²) in [5.74, 6) is 0. The largest absolute Gasteiger partial charge is 0.397 e. The van der Waals surface area contributed by atoms with Crippen LogP contribution in [-0.4, -0.2) is 0 Å². The number of nitrogens with zero attached hydrogens (tertiary/aromatic N) is 1. The molecule has 2 nitrogen and oxygen atoms in total. The second-order valence-electron chi connectivity index (χ2n) is 4.20. The summed E-state index contributed by atoms with van der Waals surface area (Å²) in [5, 5.41) is 11.2. The van der Waals surface area contributed by atoms with Crippen LogP contribution >= 0.6 is 11.3 Å². The van der Waals surface area contributed by atoms with Gasteiger partial charge in [-0.3, -0.25) is 0 Å². The Bertz CT molecular complexity index is 631. The quantitative estimate of drug-likeness (QED) is 0.830. The van der Waals surface area contributed by atoms with Gasteiger partial charge in [0, 0.05) is 10.4 Å². The van der Waals surface area contributed by atoms with Crippen molar-refractivity contribution in [1.82, 2.24) is 0 Å². The number of thiophene rings is 1. The van der Waals surface area contributed by atoms with Crippen molar-refractivity contribution in [3.8, 4) is 6.07 Å². The molecule has 0 spiro atoms. The summed E-state index contributed by atoms with van der Waals surface area (Å²) in [7, 11) is 0. The Morgan fingerprint density at radius 3 is 2.61 bits per heavy atom. The molecule has 0 aliphatic rings. The molecular formula is C15H14N2S. The van der Waals surface area contributed by atoms with E-state index in [0.29, 0.717) is 11.3 Å². The zero-order valence-electron chi connectivity index (χ0n) is 10.4. The molecule has 2 N–H and O–H groups in total. The Labute approximate surface area is 111 Å². The summed E-state index contributed by atoms with van der Waals surface area (Å²) in [6.45, 7) is 4.06. The molecule has 0 unspecified atom stereocenters. The average Bonchev–Trinajstić information content (AvgIpc) is 2.83. The molecule has 3 heteroatoms. The summed E-state index contributed by atoms with van der Waals surface area (Å²) in [6, 6.07) is 12.1. The lowest BCUT2D eigenvalue weighted by atomic mass is 10.00. The van der Waals surface area contributed by atoms with Crippen LogP contribution in [0.1, 0.15) is 21.6 Å². The summed E-state index contributed by atoms with van der Waals surface area (Å²) < 4.78 is 0. The van der Waals surface area contributed by atoms with Crippen LogP contribution in [0.5, 0.6) is 0 Å². The van der Waals surface area contributed by atoms with Crippen molar-refractivity contribution < 1.29 is 0 Å². The highest BCUT2D eigenvalue weighted by Gasteiger charge is 2.11. The highest BCUT2D eigenvalue weighted by Crippen LogP contribution is 2.27. The fourth-order valence-corrected chi connectivity index (χ4v) is 2.65. The molecule has 0 saturated heterocycles. The third-order valence-corrected chi connectivity index (χ3v) is 3.71. The number of hydrogen-bond acceptors (Lipinski definition) is 3. The Hall–Kier alpha value is -2.05. The maximum absolute atomic E-state index is 9.29. The highest BCUT2D eigenvalue weighted by molar-refractivity contribution is 7.11. The van der Waals surface area contributed by atoms with Crippen LogP contribution < -0.4 is 5.73 Å². The fraction of sp³-hybridized carbons (Fsp3) is 0.133. The second kappa shape index (κ2) is 5.07. The van der Waals surface area contributed by atoms with E-state index in [9.17, 15) is 5.26 Å². The first-order chi connectivity index (χ1) is 8.63. The van der Waals surface area contributed by atoms with Crippen LogP contribution in [0.2, 0.25) is 0 Å². The van der Waals surface area contributed by atoms with Gasteiger partial charge in [0.1, 0.15) is 6.07 Å². The first-order valence-corrected chi connectivity index (χ1v) is 6.53. The second-order valence-corrected chi connectivity index (χ2v) is 5.14. The number of nitriles is 1. The van der Waals surface area contributed by atoms with E-state index in [-0.39, 0.29) is 0 Å². The molecule has 0 atom stereocenters. The molecule has 0 fully saturated rings. The van der Waals surface area contributed by atoms with Gasteiger partial charge in [-0.15, -0.1) is 11.3 Å². The molecule has 1 heterocycles. The van der Waals surface area contributed by atoms with E-state index >= 15 is 0 Å². The van der Waals surface area contributed by atoms with Crippen molar-refractivity contribution in [3.05, 3.63) is 57.3 Å². The lowest BCUT2D eigenvalue weighted by molar-refractivity contribution is 1.34. The smallest absolute Gasteiger partial charge is 0.103 e. The van der Waals surface area contributed by atoms with Gasteiger partial charge >= 0.3 is 0 Å². The Morgan fingerprint density at radius 2 is 2.06 bits per heavy atom. The molecular weight excluding hydrogens is 240 g/mol. The van der Waals surface area contributed by atoms with Crippen LogP contribution in [0, 0.1) is 25.2 Å². The van der Waals surface area contributed by atoms with Crippen LogP contribution in [0.4, 0.5) is 0 Å². The van der Waals surface area contributed by atoms with Gasteiger partial charge in [0.2, 0.25) is 0 Å². The van der Waals surface area contributed by atoms with Gasteiger partial charge in [-0.25, -0.2) is 0 Å². The summed E-state index contributed by atoms with van der Waals surface area (Å²) in [5.41, 5.74) is 10.5. The van der Waals surface area contributed by atoms with Gasteiger partial charge in [0.05, 0.1) is 11.3 Å². The fourth-order valence-electron chi connectivity index (χ4n) is 1.92. The van der Waals surface area contributed by atoms with Crippen molar-refractivity contribution in [2.75, 3.05) is 0 Å². The van der Waals surface area contributed by atoms with Crippen molar-refractivity contribution in [1.29, 1.82) is 5.26 Å². The molecule has 0 saturated carbocycles. The lowest BCUT2D eigenvalue weighted by Crippen LogP contribution is -2.02. The maximum atomic E-state index is 9.29. The molecule has 0 aliphatic carbocycles. The summed E-state index contributed by atoms with van der Waals surface area (Å²) in [6.07, 6.45) is 0. The van der Waals surface area contributed by atoms with Gasteiger partial charge in [-0.1, -0.05) is 29.8 Å². The molecule has 0 bridgehead atoms. The van der Waals surface area contributed by atoms with E-state index in [0.717, 1.165) is 16.0 Å². The van der Waals surface area contributed by atoms with Gasteiger partial charge in [0.15, 0.2) is 0 Å². The molecule has 1 aromatic heterocycles. The average molecular weight is 254 g/mol. The molecule has 90 valence electrons. The standard InChI is InChI=1S/C15H14N2S/c1-10-5-6-12(11(2)8-10)15(17)13(9-16)14-4-3-7-18-14/h3-8H,17H2,1-2H3/b15-13+. The molecule has 1 aromatic carbocycles. The van der Waals surface area contributed by atoms with Gasteiger partial charge in [-0.2, -0.15) is 5.26 Å². The minimum absolute atomic E-state index is 0.553. The number of aryl methyl sites for hydroxylation is 2. The van der Waals surface area contributed by atoms with Crippen LogP contribution in [0.3, 0.4) is 0 Å². The third-order valence-electron chi connectivity index (χ3n) is 2.82. The topological polar surface area (TPSA) is 49.8 Å². The SMILES string of the molecule is Cc1ccc(/C(N)=C(/C#N)c2cccs2)c(C)c1. The van der Waals surface area contributed by atoms with Crippen molar-refractivity contribution >= 4 is 22.6 Å². The minimum atomic E-state index is 0.553. The third kappa shape index (κ3) is 2.29. The van der Waals surface area contributed by atoms with Crippen LogP contribution in [0.25, 0.3) is 11.3 Å². The molecule has 2 rings (SSSR count). The monoisotopic (exact) mass is 254 g/mol. The van der Waals surface area contributed by atoms with Crippen LogP contribution in [0.15, 0.2) is 35.7 Å². The highest BCUT2D eigenvalue weighted by atomic mass is 32.1. The zero-order valence-corrected chi connectivity index (χ0v) is 11.2. The number of rotatable bonds is 2. The van der Waals surface area contributed by atoms with Crippen molar-refractivity contribution in [2.24, 2.45) is 5.73 Å². The zero-order chi connectivity index (χ0) is 13.1. The number of benzene rings is 1. The normalized spacial score (nSPS) is 11.8. The molecule has 0 amide bonds. The summed E-state index contributed by atoms with van der Waals surface area (Å²) in [4.78, 5) is 0.912. The number of hydrogen-bond donors (Lipinski definition) is 1. The molecule has 0 aliphatic heterocycles. The summed E-state index contributed by atoms with van der Waals surface area (Å²) >= 11 is 1.53. The van der Waals surface area contributed by atoms with E-state index in [1.54, 1.807) is 0 Å². The Morgan fingerprint density at radius 1 is 1.28 bits per heavy atom. The number of allylic oxidation sites excluding steroid dienone is 1. The van der Waals surface area contributed by atoms with E-state index in [1.807, 2.05) is 43.5 Å². The first-order valence-electron chi connectivity index (χ1n) is 5.65. The maximum Gasteiger partial charge on any atom is 0.103 e. The van der Waals surface area contributed by atoms with E-state index in [1.165, 1.54) is 16.9 Å². The minimum Gasteiger partial charge on any atom is -0.397 e. The van der Waals surface area contributed by atoms with E-state index in [4.69, 9.17) is 5.73 Å². The van der Waals surface area contributed by atoms with Gasteiger partial charge < -0.3 is 5.73 Å². The van der Waals surface area contributed by atoms with Crippen LogP contribution in [-0.2, 0) is 0 Å². The molecule has 0 radical (unpaired) electrons. The van der Waals surface area contributed by atoms with Crippen molar-refractivity contribution in [3.63, 3.8) is 0 Å². The van der Waals surface area contributed by atoms with E-state index < -0.39 is 0 Å². The predicted octanol–water partition coefficient (Wildman–Crippen LogP) is 3.72. The number of nitrogens with two attached hydrogens (primary N) is 1. The predicted molar refractivity (Wildman–Crippen MR) is 76.8 cm³/mol. The molecule has 2 aromatic rings. The first kappa shape index (κ1) is 12.4. The van der Waals surface area contributed by atoms with Crippen molar-refractivity contribution in [2.45, 2.75) is 13.8 Å².